The van der Waals surface area contributed by atoms with Crippen molar-refractivity contribution in [3.8, 4) is 0 Å². The quantitative estimate of drug-likeness (QED) is 0.201. The summed E-state index contributed by atoms with van der Waals surface area (Å²) in [5, 5.41) is 13.7. The first kappa shape index (κ1) is 31.1. The number of rotatable bonds is 13. The topological polar surface area (TPSA) is 157 Å². The minimum Gasteiger partial charge on any atom is -0.481 e. The maximum Gasteiger partial charge on any atom is 0.329 e. The summed E-state index contributed by atoms with van der Waals surface area (Å²) in [6, 6.07) is -3.33. The minimum absolute atomic E-state index is 0.0992. The van der Waals surface area contributed by atoms with E-state index in [1.165, 1.54) is 0 Å². The van der Waals surface area contributed by atoms with Gasteiger partial charge in [0.25, 0.3) is 0 Å². The second-order valence-electron chi connectivity index (χ2n) is 9.84. The van der Waals surface area contributed by atoms with Gasteiger partial charge in [0.2, 0.25) is 0 Å². The number of esters is 3. The summed E-state index contributed by atoms with van der Waals surface area (Å²) >= 11 is 0. The fourth-order valence-electron chi connectivity index (χ4n) is 2.57. The molecule has 0 radical (unpaired) electrons. The molecule has 0 aromatic carbocycles. The SMILES string of the molecule is CCCCOC(=O)C(CCC(=O)O)NC(=O)NC(CCC(=O)OC(C)(C)C)C(=O)OC(C)(C)C. The molecule has 3 N–H and O–H groups in total. The molecule has 0 aromatic heterocycles. The lowest BCUT2D eigenvalue weighted by atomic mass is 10.1. The highest BCUT2D eigenvalue weighted by molar-refractivity contribution is 5.87. The van der Waals surface area contributed by atoms with Crippen molar-refractivity contribution in [2.24, 2.45) is 0 Å². The molecule has 0 aliphatic rings. The van der Waals surface area contributed by atoms with E-state index in [2.05, 4.69) is 10.6 Å². The highest BCUT2D eigenvalue weighted by atomic mass is 16.6. The summed E-state index contributed by atoms with van der Waals surface area (Å²) < 4.78 is 15.7. The zero-order valence-electron chi connectivity index (χ0n) is 21.3. The van der Waals surface area contributed by atoms with E-state index in [1.807, 2.05) is 6.92 Å². The molecule has 0 spiro atoms. The van der Waals surface area contributed by atoms with E-state index in [0.717, 1.165) is 6.42 Å². The normalized spacial score (nSPS) is 13.3. The van der Waals surface area contributed by atoms with Crippen molar-refractivity contribution < 1.29 is 43.3 Å². The van der Waals surface area contributed by atoms with Crippen LogP contribution >= 0.6 is 0 Å². The summed E-state index contributed by atoms with van der Waals surface area (Å²) in [5.74, 6) is -3.23. The van der Waals surface area contributed by atoms with Gasteiger partial charge in [-0.25, -0.2) is 14.4 Å². The van der Waals surface area contributed by atoms with Crippen LogP contribution in [0.15, 0.2) is 0 Å². The Balaban J connectivity index is 5.31. The maximum absolute atomic E-state index is 12.6. The van der Waals surface area contributed by atoms with Crippen molar-refractivity contribution in [1.29, 1.82) is 0 Å². The van der Waals surface area contributed by atoms with Crippen LogP contribution in [-0.4, -0.2) is 64.9 Å². The molecule has 11 nitrogen and oxygen atoms in total. The number of carboxylic acid groups (broad SMARTS) is 1. The van der Waals surface area contributed by atoms with E-state index in [4.69, 9.17) is 19.3 Å². The fraction of sp³-hybridized carbons (Fsp3) is 0.783. The molecule has 2 unspecified atom stereocenters. The molecule has 0 fully saturated rings. The number of ether oxygens (including phenoxy) is 3. The second kappa shape index (κ2) is 14.4. The highest BCUT2D eigenvalue weighted by Crippen LogP contribution is 2.14. The number of amides is 2. The lowest BCUT2D eigenvalue weighted by Gasteiger charge is -2.26. The van der Waals surface area contributed by atoms with Gasteiger partial charge in [0, 0.05) is 12.8 Å². The number of unbranched alkanes of at least 4 members (excludes halogenated alkanes) is 1. The molecule has 0 rings (SSSR count). The van der Waals surface area contributed by atoms with Crippen LogP contribution < -0.4 is 10.6 Å². The third kappa shape index (κ3) is 15.9. The van der Waals surface area contributed by atoms with Crippen molar-refractivity contribution in [3.05, 3.63) is 0 Å². The summed E-state index contributed by atoms with van der Waals surface area (Å²) in [6.07, 6.45) is 0.580. The van der Waals surface area contributed by atoms with E-state index < -0.39 is 53.2 Å². The van der Waals surface area contributed by atoms with Crippen LogP contribution in [0.3, 0.4) is 0 Å². The molecular formula is C23H40N2O9. The molecule has 0 saturated heterocycles. The monoisotopic (exact) mass is 488 g/mol. The van der Waals surface area contributed by atoms with E-state index >= 15 is 0 Å². The first-order valence-corrected chi connectivity index (χ1v) is 11.4. The second-order valence-corrected chi connectivity index (χ2v) is 9.84. The van der Waals surface area contributed by atoms with Crippen molar-refractivity contribution in [2.45, 2.75) is 110 Å². The molecule has 0 bridgehead atoms. The number of carbonyl (C=O) groups is 5. The van der Waals surface area contributed by atoms with Gasteiger partial charge in [0.05, 0.1) is 6.61 Å². The van der Waals surface area contributed by atoms with Crippen molar-refractivity contribution >= 4 is 29.9 Å². The van der Waals surface area contributed by atoms with Crippen molar-refractivity contribution in [1.82, 2.24) is 10.6 Å². The molecule has 0 saturated carbocycles. The first-order chi connectivity index (χ1) is 15.5. The fourth-order valence-corrected chi connectivity index (χ4v) is 2.57. The smallest absolute Gasteiger partial charge is 0.329 e. The van der Waals surface area contributed by atoms with Crippen molar-refractivity contribution in [3.63, 3.8) is 0 Å². The van der Waals surface area contributed by atoms with Gasteiger partial charge in [0.15, 0.2) is 0 Å². The molecule has 11 heteroatoms. The van der Waals surface area contributed by atoms with E-state index in [1.54, 1.807) is 41.5 Å². The Morgan fingerprint density at radius 2 is 1.29 bits per heavy atom. The Bertz CT molecular complexity index is 708. The van der Waals surface area contributed by atoms with Crippen LogP contribution in [0.1, 0.15) is 87.0 Å². The number of hydrogen-bond donors (Lipinski definition) is 3. The zero-order chi connectivity index (χ0) is 26.5. The Morgan fingerprint density at radius 1 is 0.794 bits per heavy atom. The third-order valence-electron chi connectivity index (χ3n) is 4.03. The summed E-state index contributed by atoms with van der Waals surface area (Å²) in [7, 11) is 0. The molecule has 196 valence electrons. The van der Waals surface area contributed by atoms with Gasteiger partial charge in [0.1, 0.15) is 23.3 Å². The summed E-state index contributed by atoms with van der Waals surface area (Å²) in [5.41, 5.74) is -1.55. The van der Waals surface area contributed by atoms with Crippen LogP contribution in [0.5, 0.6) is 0 Å². The Hall–Kier alpha value is -2.85. The first-order valence-electron chi connectivity index (χ1n) is 11.4. The van der Waals surface area contributed by atoms with Crippen LogP contribution in [0.4, 0.5) is 4.79 Å². The number of carbonyl (C=O) groups excluding carboxylic acids is 4. The molecule has 2 amide bonds. The summed E-state index contributed by atoms with van der Waals surface area (Å²) in [6.45, 7) is 12.1. The number of aliphatic carboxylic acids is 1. The average Bonchev–Trinajstić information content (AvgIpc) is 2.65. The van der Waals surface area contributed by atoms with Crippen LogP contribution in [0, 0.1) is 0 Å². The average molecular weight is 489 g/mol. The number of hydrogen-bond acceptors (Lipinski definition) is 8. The predicted octanol–water partition coefficient (Wildman–Crippen LogP) is 2.69. The molecule has 2 atom stereocenters. The van der Waals surface area contributed by atoms with E-state index in [-0.39, 0.29) is 32.3 Å². The lowest BCUT2D eigenvalue weighted by Crippen LogP contribution is -2.52. The molecule has 34 heavy (non-hydrogen) atoms. The van der Waals surface area contributed by atoms with Gasteiger partial charge in [-0.3, -0.25) is 9.59 Å². The zero-order valence-corrected chi connectivity index (χ0v) is 21.3. The van der Waals surface area contributed by atoms with Gasteiger partial charge in [-0.2, -0.15) is 0 Å². The highest BCUT2D eigenvalue weighted by Gasteiger charge is 2.30. The standard InChI is InChI=1S/C23H40N2O9/c1-8-9-14-32-19(29)15(10-12-17(26)27)24-21(31)25-16(20(30)34-23(5,6)7)11-13-18(28)33-22(2,3)4/h15-16H,8-14H2,1-7H3,(H,26,27)(H2,24,25,31). The van der Waals surface area contributed by atoms with Crippen LogP contribution in [0.25, 0.3) is 0 Å². The predicted molar refractivity (Wildman–Crippen MR) is 123 cm³/mol. The van der Waals surface area contributed by atoms with Gasteiger partial charge in [-0.15, -0.1) is 0 Å². The largest absolute Gasteiger partial charge is 0.481 e. The lowest BCUT2D eigenvalue weighted by molar-refractivity contribution is -0.158. The Kier molecular flexibility index (Phi) is 13.2. The molecular weight excluding hydrogens is 448 g/mol. The number of nitrogens with one attached hydrogen (secondary N) is 2. The van der Waals surface area contributed by atoms with Crippen LogP contribution in [0.2, 0.25) is 0 Å². The molecule has 0 aromatic rings. The van der Waals surface area contributed by atoms with Crippen molar-refractivity contribution in [2.75, 3.05) is 6.61 Å². The number of carboxylic acids is 1. The maximum atomic E-state index is 12.6. The summed E-state index contributed by atoms with van der Waals surface area (Å²) in [4.78, 5) is 60.5. The van der Waals surface area contributed by atoms with Gasteiger partial charge >= 0.3 is 29.9 Å². The molecule has 0 heterocycles. The third-order valence-corrected chi connectivity index (χ3v) is 4.03. The van der Waals surface area contributed by atoms with Gasteiger partial charge < -0.3 is 30.0 Å². The molecule has 0 aliphatic heterocycles. The Morgan fingerprint density at radius 3 is 1.76 bits per heavy atom. The number of urea groups is 1. The minimum atomic E-state index is -1.22. The van der Waals surface area contributed by atoms with E-state index in [9.17, 15) is 24.0 Å². The Labute approximate surface area is 201 Å². The molecule has 0 aliphatic carbocycles. The van der Waals surface area contributed by atoms with E-state index in [0.29, 0.717) is 6.42 Å². The van der Waals surface area contributed by atoms with Gasteiger partial charge in [-0.1, -0.05) is 13.3 Å². The van der Waals surface area contributed by atoms with Crippen LogP contribution in [-0.2, 0) is 33.4 Å². The van der Waals surface area contributed by atoms with Gasteiger partial charge in [-0.05, 0) is 60.8 Å².